The molecule has 1 unspecified atom stereocenters. The van der Waals surface area contributed by atoms with E-state index in [0.717, 1.165) is 5.56 Å². The number of hydrogen-bond donors (Lipinski definition) is 1. The van der Waals surface area contributed by atoms with Crippen LogP contribution in [0.5, 0.6) is 0 Å². The molecule has 13 heavy (non-hydrogen) atoms. The van der Waals surface area contributed by atoms with Crippen molar-refractivity contribution in [2.75, 3.05) is 0 Å². The van der Waals surface area contributed by atoms with Crippen LogP contribution in [0.3, 0.4) is 0 Å². The lowest BCUT2D eigenvalue weighted by molar-refractivity contribution is 0.694. The van der Waals surface area contributed by atoms with Crippen LogP contribution >= 0.6 is 15.9 Å². The molecule has 1 aliphatic heterocycles. The highest BCUT2D eigenvalue weighted by Crippen LogP contribution is 2.30. The van der Waals surface area contributed by atoms with Crippen LogP contribution in [0.1, 0.15) is 5.56 Å². The summed E-state index contributed by atoms with van der Waals surface area (Å²) < 4.78 is -0.273. The van der Waals surface area contributed by atoms with Crippen molar-refractivity contribution in [1.82, 2.24) is 10.3 Å². The highest BCUT2D eigenvalue weighted by atomic mass is 79.9. The Labute approximate surface area is 85.5 Å². The van der Waals surface area contributed by atoms with Crippen LogP contribution in [0.15, 0.2) is 49.0 Å². The molecule has 1 aliphatic rings. The van der Waals surface area contributed by atoms with E-state index in [1.807, 2.05) is 30.5 Å². The summed E-state index contributed by atoms with van der Waals surface area (Å²) in [6, 6.07) is 3.95. The first-order valence-electron chi connectivity index (χ1n) is 4.03. The molecule has 2 heterocycles. The summed E-state index contributed by atoms with van der Waals surface area (Å²) in [4.78, 5) is 3.98. The summed E-state index contributed by atoms with van der Waals surface area (Å²) in [5.41, 5.74) is 1.14. The van der Waals surface area contributed by atoms with Crippen molar-refractivity contribution in [2.45, 2.75) is 4.45 Å². The number of dihydropyridines is 1. The van der Waals surface area contributed by atoms with E-state index in [1.165, 1.54) is 0 Å². The van der Waals surface area contributed by atoms with E-state index in [-0.39, 0.29) is 4.45 Å². The maximum absolute atomic E-state index is 3.98. The molecule has 2 rings (SSSR count). The van der Waals surface area contributed by atoms with Crippen molar-refractivity contribution < 1.29 is 0 Å². The van der Waals surface area contributed by atoms with Gasteiger partial charge in [0, 0.05) is 12.4 Å². The number of alkyl halides is 1. The van der Waals surface area contributed by atoms with E-state index in [1.54, 1.807) is 12.4 Å². The van der Waals surface area contributed by atoms with Crippen LogP contribution in [0, 0.1) is 0 Å². The minimum absolute atomic E-state index is 0.273. The summed E-state index contributed by atoms with van der Waals surface area (Å²) >= 11 is 3.63. The zero-order chi connectivity index (χ0) is 9.15. The summed E-state index contributed by atoms with van der Waals surface area (Å²) in [5, 5.41) is 3.23. The number of pyridine rings is 1. The predicted molar refractivity (Wildman–Crippen MR) is 56.3 cm³/mol. The van der Waals surface area contributed by atoms with Crippen molar-refractivity contribution >= 4 is 15.9 Å². The van der Waals surface area contributed by atoms with E-state index in [2.05, 4.69) is 32.3 Å². The number of nitrogens with zero attached hydrogens (tertiary/aromatic N) is 1. The molecule has 1 atom stereocenters. The van der Waals surface area contributed by atoms with Crippen LogP contribution < -0.4 is 5.32 Å². The Balaban J connectivity index is 2.35. The second kappa shape index (κ2) is 3.34. The molecule has 1 aromatic rings. The maximum atomic E-state index is 3.98. The largest absolute Gasteiger partial charge is 0.369 e. The van der Waals surface area contributed by atoms with Gasteiger partial charge in [0.05, 0.1) is 0 Å². The molecule has 0 amide bonds. The minimum atomic E-state index is -0.273. The van der Waals surface area contributed by atoms with Crippen LogP contribution in [0.2, 0.25) is 0 Å². The molecular weight excluding hydrogens is 228 g/mol. The minimum Gasteiger partial charge on any atom is -0.369 e. The molecule has 3 heteroatoms. The van der Waals surface area contributed by atoms with E-state index < -0.39 is 0 Å². The number of aromatic nitrogens is 1. The van der Waals surface area contributed by atoms with Gasteiger partial charge in [-0.05, 0) is 36.0 Å². The Hall–Kier alpha value is -1.09. The molecule has 0 saturated heterocycles. The summed E-state index contributed by atoms with van der Waals surface area (Å²) in [6.45, 7) is 0. The molecule has 0 aromatic carbocycles. The zero-order valence-corrected chi connectivity index (χ0v) is 8.53. The maximum Gasteiger partial charge on any atom is 0.137 e. The Morgan fingerprint density at radius 3 is 2.62 bits per heavy atom. The van der Waals surface area contributed by atoms with Gasteiger partial charge in [-0.3, -0.25) is 4.98 Å². The van der Waals surface area contributed by atoms with Gasteiger partial charge in [-0.15, -0.1) is 0 Å². The Bertz CT molecular complexity index is 345. The molecule has 0 fully saturated rings. The topological polar surface area (TPSA) is 24.9 Å². The van der Waals surface area contributed by atoms with Crippen LogP contribution in [0.4, 0.5) is 0 Å². The van der Waals surface area contributed by atoms with E-state index >= 15 is 0 Å². The molecule has 0 radical (unpaired) electrons. The van der Waals surface area contributed by atoms with Crippen molar-refractivity contribution in [1.29, 1.82) is 0 Å². The fourth-order valence-corrected chi connectivity index (χ4v) is 1.78. The van der Waals surface area contributed by atoms with Crippen molar-refractivity contribution in [3.05, 3.63) is 54.5 Å². The van der Waals surface area contributed by atoms with Crippen molar-refractivity contribution in [2.24, 2.45) is 0 Å². The second-order valence-electron chi connectivity index (χ2n) is 2.81. The van der Waals surface area contributed by atoms with Gasteiger partial charge in [0.2, 0.25) is 0 Å². The van der Waals surface area contributed by atoms with Gasteiger partial charge in [0.25, 0.3) is 0 Å². The van der Waals surface area contributed by atoms with E-state index in [4.69, 9.17) is 0 Å². The highest BCUT2D eigenvalue weighted by molar-refractivity contribution is 9.09. The van der Waals surface area contributed by atoms with Crippen LogP contribution in [-0.4, -0.2) is 4.98 Å². The fraction of sp³-hybridized carbons (Fsp3) is 0.100. The van der Waals surface area contributed by atoms with Crippen LogP contribution in [-0.2, 0) is 4.45 Å². The van der Waals surface area contributed by atoms with Gasteiger partial charge >= 0.3 is 0 Å². The van der Waals surface area contributed by atoms with Crippen molar-refractivity contribution in [3.8, 4) is 0 Å². The fourth-order valence-electron chi connectivity index (χ4n) is 1.24. The predicted octanol–water partition coefficient (Wildman–Crippen LogP) is 2.30. The third-order valence-electron chi connectivity index (χ3n) is 1.93. The molecule has 0 spiro atoms. The average molecular weight is 237 g/mol. The zero-order valence-electron chi connectivity index (χ0n) is 6.94. The number of halogens is 1. The normalized spacial score (nSPS) is 25.6. The Kier molecular flexibility index (Phi) is 2.19. The summed E-state index contributed by atoms with van der Waals surface area (Å²) in [6.07, 6.45) is 11.5. The molecule has 2 nitrogen and oxygen atoms in total. The SMILES string of the molecule is BrC1(c2ccncc2)C=CC=CN1. The lowest BCUT2D eigenvalue weighted by Gasteiger charge is -2.26. The lowest BCUT2D eigenvalue weighted by Crippen LogP contribution is -2.31. The van der Waals surface area contributed by atoms with Gasteiger partial charge in [0.15, 0.2) is 0 Å². The average Bonchev–Trinajstić information content (AvgIpc) is 2.20. The molecule has 66 valence electrons. The Morgan fingerprint density at radius 1 is 1.23 bits per heavy atom. The molecule has 1 aromatic heterocycles. The summed E-state index contributed by atoms with van der Waals surface area (Å²) in [7, 11) is 0. The molecule has 0 bridgehead atoms. The quantitative estimate of drug-likeness (QED) is 0.598. The smallest absolute Gasteiger partial charge is 0.137 e. The molecular formula is C10H9BrN2. The van der Waals surface area contributed by atoms with Crippen molar-refractivity contribution in [3.63, 3.8) is 0 Å². The Morgan fingerprint density at radius 2 is 2.00 bits per heavy atom. The van der Waals surface area contributed by atoms with Gasteiger partial charge in [-0.25, -0.2) is 0 Å². The molecule has 0 saturated carbocycles. The second-order valence-corrected chi connectivity index (χ2v) is 4.06. The number of hydrogen-bond acceptors (Lipinski definition) is 2. The third kappa shape index (κ3) is 1.65. The molecule has 1 N–H and O–H groups in total. The van der Waals surface area contributed by atoms with E-state index in [9.17, 15) is 0 Å². The summed E-state index contributed by atoms with van der Waals surface area (Å²) in [5.74, 6) is 0. The highest BCUT2D eigenvalue weighted by Gasteiger charge is 2.24. The number of allylic oxidation sites excluding steroid dienone is 2. The first kappa shape index (κ1) is 8.51. The van der Waals surface area contributed by atoms with Gasteiger partial charge in [-0.1, -0.05) is 22.0 Å². The number of nitrogens with one attached hydrogen (secondary N) is 1. The van der Waals surface area contributed by atoms with Gasteiger partial charge in [0.1, 0.15) is 4.45 Å². The first-order valence-corrected chi connectivity index (χ1v) is 4.82. The first-order chi connectivity index (χ1) is 6.31. The monoisotopic (exact) mass is 236 g/mol. The molecule has 0 aliphatic carbocycles. The number of rotatable bonds is 1. The lowest BCUT2D eigenvalue weighted by atomic mass is 10.1. The van der Waals surface area contributed by atoms with Gasteiger partial charge < -0.3 is 5.32 Å². The van der Waals surface area contributed by atoms with Crippen LogP contribution in [0.25, 0.3) is 0 Å². The third-order valence-corrected chi connectivity index (χ3v) is 2.88. The van der Waals surface area contributed by atoms with Gasteiger partial charge in [-0.2, -0.15) is 0 Å². The van der Waals surface area contributed by atoms with E-state index in [0.29, 0.717) is 0 Å². The standard InChI is InChI=1S/C10H9BrN2/c11-10(5-1-2-6-13-10)9-3-7-12-8-4-9/h1-8,13H.